The first-order chi connectivity index (χ1) is 12.6. The molecule has 0 radical (unpaired) electrons. The van der Waals surface area contributed by atoms with Gasteiger partial charge in [-0.1, -0.05) is 11.6 Å². The van der Waals surface area contributed by atoms with Gasteiger partial charge < -0.3 is 23.9 Å². The van der Waals surface area contributed by atoms with Crippen LogP contribution < -0.4 is 5.32 Å². The van der Waals surface area contributed by atoms with Crippen molar-refractivity contribution in [3.63, 3.8) is 0 Å². The van der Waals surface area contributed by atoms with Crippen LogP contribution in [0.15, 0.2) is 40.1 Å². The average molecular weight is 381 g/mol. The highest BCUT2D eigenvalue weighted by molar-refractivity contribution is 6.30. The Balaban J connectivity index is 1.93. The number of guanidine groups is 1. The summed E-state index contributed by atoms with van der Waals surface area (Å²) >= 11 is 6.09. The third-order valence-electron chi connectivity index (χ3n) is 3.98. The van der Waals surface area contributed by atoms with Crippen LogP contribution in [0.25, 0.3) is 0 Å². The number of ether oxygens (including phenoxy) is 1. The third kappa shape index (κ3) is 6.77. The van der Waals surface area contributed by atoms with Crippen LogP contribution in [0.4, 0.5) is 0 Å². The second-order valence-corrected chi connectivity index (χ2v) is 6.57. The summed E-state index contributed by atoms with van der Waals surface area (Å²) in [5.41, 5.74) is 1.13. The van der Waals surface area contributed by atoms with Crippen molar-refractivity contribution in [2.45, 2.75) is 26.3 Å². The number of nitrogens with one attached hydrogen (secondary N) is 1. The molecular formula is C19H29ClN4O2. The molecule has 0 unspecified atom stereocenters. The van der Waals surface area contributed by atoms with Gasteiger partial charge in [0.05, 0.1) is 17.8 Å². The Labute approximate surface area is 160 Å². The summed E-state index contributed by atoms with van der Waals surface area (Å²) in [6.45, 7) is 5.69. The summed E-state index contributed by atoms with van der Waals surface area (Å²) in [7, 11) is 4.03. The van der Waals surface area contributed by atoms with Crippen molar-refractivity contribution in [1.82, 2.24) is 14.8 Å². The topological polar surface area (TPSA) is 54.9 Å². The molecule has 0 fully saturated rings. The Morgan fingerprint density at radius 1 is 1.46 bits per heavy atom. The minimum absolute atomic E-state index is 0.723. The molecule has 0 saturated heterocycles. The largest absolute Gasteiger partial charge is 0.469 e. The molecule has 0 saturated carbocycles. The van der Waals surface area contributed by atoms with Gasteiger partial charge in [0.25, 0.3) is 0 Å². The minimum atomic E-state index is 0.723. The normalized spacial score (nSPS) is 11.8. The quantitative estimate of drug-likeness (QED) is 0.390. The number of aliphatic imine (C=N–C) groups is 1. The van der Waals surface area contributed by atoms with Gasteiger partial charge in [-0.2, -0.15) is 0 Å². The lowest BCUT2D eigenvalue weighted by atomic mass is 10.3. The molecule has 0 bridgehead atoms. The van der Waals surface area contributed by atoms with Crippen LogP contribution in [0.5, 0.6) is 0 Å². The first kappa shape index (κ1) is 20.4. The summed E-state index contributed by atoms with van der Waals surface area (Å²) in [6.07, 6.45) is 5.33. The highest BCUT2D eigenvalue weighted by atomic mass is 35.5. The lowest BCUT2D eigenvalue weighted by molar-refractivity contribution is 0.146. The lowest BCUT2D eigenvalue weighted by Gasteiger charge is -2.23. The zero-order valence-corrected chi connectivity index (χ0v) is 16.6. The molecule has 0 aliphatic heterocycles. The smallest absolute Gasteiger partial charge is 0.194 e. The second-order valence-electron chi connectivity index (χ2n) is 6.13. The highest BCUT2D eigenvalue weighted by Crippen LogP contribution is 2.14. The van der Waals surface area contributed by atoms with E-state index in [0.717, 1.165) is 68.1 Å². The van der Waals surface area contributed by atoms with Crippen LogP contribution in [0.2, 0.25) is 5.02 Å². The number of nitrogens with zero attached hydrogens (tertiary/aromatic N) is 3. The average Bonchev–Trinajstić information content (AvgIpc) is 3.22. The predicted molar refractivity (Wildman–Crippen MR) is 106 cm³/mol. The summed E-state index contributed by atoms with van der Waals surface area (Å²) in [6, 6.07) is 5.87. The van der Waals surface area contributed by atoms with Gasteiger partial charge in [0.2, 0.25) is 0 Å². The molecular weight excluding hydrogens is 352 g/mol. The second kappa shape index (κ2) is 10.9. The summed E-state index contributed by atoms with van der Waals surface area (Å²) in [5, 5.41) is 4.18. The Morgan fingerprint density at radius 3 is 2.96 bits per heavy atom. The molecule has 7 heteroatoms. The van der Waals surface area contributed by atoms with Gasteiger partial charge in [0.1, 0.15) is 5.76 Å². The van der Waals surface area contributed by atoms with E-state index in [-0.39, 0.29) is 0 Å². The molecule has 0 atom stereocenters. The van der Waals surface area contributed by atoms with Crippen LogP contribution >= 0.6 is 11.6 Å². The van der Waals surface area contributed by atoms with E-state index >= 15 is 0 Å². The van der Waals surface area contributed by atoms with Gasteiger partial charge in [0.15, 0.2) is 5.96 Å². The van der Waals surface area contributed by atoms with Gasteiger partial charge in [0, 0.05) is 58.7 Å². The standard InChI is InChI=1S/C19H29ClN4O2/c1-4-25-11-6-9-21-19(22-10-8-18-7-5-12-26-18)24(3)15-17-13-16(20)14-23(17)2/h5,7,12-14H,4,6,8-11,15H2,1-3H3,(H,21,22). The lowest BCUT2D eigenvalue weighted by Crippen LogP contribution is -2.40. The van der Waals surface area contributed by atoms with E-state index in [1.165, 1.54) is 0 Å². The summed E-state index contributed by atoms with van der Waals surface area (Å²) in [5.74, 6) is 1.83. The number of aromatic nitrogens is 1. The third-order valence-corrected chi connectivity index (χ3v) is 4.19. The van der Waals surface area contributed by atoms with E-state index in [9.17, 15) is 0 Å². The predicted octanol–water partition coefficient (Wildman–Crippen LogP) is 3.32. The van der Waals surface area contributed by atoms with Crippen molar-refractivity contribution >= 4 is 17.6 Å². The number of rotatable bonds is 10. The zero-order chi connectivity index (χ0) is 18.8. The molecule has 0 aliphatic carbocycles. The number of halogens is 1. The van der Waals surface area contributed by atoms with E-state index in [0.29, 0.717) is 0 Å². The Hall–Kier alpha value is -1.92. The first-order valence-electron chi connectivity index (χ1n) is 9.00. The van der Waals surface area contributed by atoms with Crippen LogP contribution in [-0.4, -0.2) is 48.8 Å². The molecule has 0 spiro atoms. The molecule has 0 aromatic carbocycles. The van der Waals surface area contributed by atoms with Crippen molar-refractivity contribution in [2.75, 3.05) is 33.4 Å². The van der Waals surface area contributed by atoms with E-state index < -0.39 is 0 Å². The molecule has 2 rings (SSSR count). The molecule has 6 nitrogen and oxygen atoms in total. The van der Waals surface area contributed by atoms with Crippen LogP contribution in [0.3, 0.4) is 0 Å². The number of hydrogen-bond donors (Lipinski definition) is 1. The molecule has 2 aromatic rings. The maximum Gasteiger partial charge on any atom is 0.194 e. The van der Waals surface area contributed by atoms with Crippen LogP contribution in [0.1, 0.15) is 24.8 Å². The van der Waals surface area contributed by atoms with Crippen LogP contribution in [0, 0.1) is 0 Å². The van der Waals surface area contributed by atoms with Crippen molar-refractivity contribution in [1.29, 1.82) is 0 Å². The van der Waals surface area contributed by atoms with Gasteiger partial charge in [-0.3, -0.25) is 4.99 Å². The van der Waals surface area contributed by atoms with E-state index in [4.69, 9.17) is 25.7 Å². The number of aryl methyl sites for hydroxylation is 1. The maximum absolute atomic E-state index is 6.09. The fraction of sp³-hybridized carbons (Fsp3) is 0.526. The van der Waals surface area contributed by atoms with Crippen molar-refractivity contribution in [2.24, 2.45) is 12.0 Å². The SMILES string of the molecule is CCOCCCN=C(NCCc1ccco1)N(C)Cc1cc(Cl)cn1C. The first-order valence-corrected chi connectivity index (χ1v) is 9.38. The van der Waals surface area contributed by atoms with Crippen molar-refractivity contribution < 1.29 is 9.15 Å². The number of furan rings is 1. The van der Waals surface area contributed by atoms with E-state index in [2.05, 4.69) is 10.2 Å². The maximum atomic E-state index is 6.09. The van der Waals surface area contributed by atoms with Gasteiger partial charge in [-0.05, 0) is 31.5 Å². The summed E-state index contributed by atoms with van der Waals surface area (Å²) < 4.78 is 12.8. The van der Waals surface area contributed by atoms with Crippen LogP contribution in [-0.2, 0) is 24.8 Å². The van der Waals surface area contributed by atoms with E-state index in [1.54, 1.807) is 6.26 Å². The molecule has 26 heavy (non-hydrogen) atoms. The van der Waals surface area contributed by atoms with Crippen molar-refractivity contribution in [3.8, 4) is 0 Å². The molecule has 1 N–H and O–H groups in total. The molecule has 2 aromatic heterocycles. The Bertz CT molecular complexity index is 667. The monoisotopic (exact) mass is 380 g/mol. The van der Waals surface area contributed by atoms with Gasteiger partial charge in [-0.15, -0.1) is 0 Å². The fourth-order valence-corrected chi connectivity index (χ4v) is 2.87. The molecule has 0 aliphatic rings. The fourth-order valence-electron chi connectivity index (χ4n) is 2.60. The Kier molecular flexibility index (Phi) is 8.58. The molecule has 0 amide bonds. The zero-order valence-electron chi connectivity index (χ0n) is 15.9. The van der Waals surface area contributed by atoms with Gasteiger partial charge in [-0.25, -0.2) is 0 Å². The summed E-state index contributed by atoms with van der Waals surface area (Å²) in [4.78, 5) is 6.83. The highest BCUT2D eigenvalue weighted by Gasteiger charge is 2.10. The molecule has 2 heterocycles. The van der Waals surface area contributed by atoms with Crippen molar-refractivity contribution in [3.05, 3.63) is 47.1 Å². The minimum Gasteiger partial charge on any atom is -0.469 e. The molecule has 144 valence electrons. The van der Waals surface area contributed by atoms with E-state index in [1.807, 2.05) is 50.0 Å². The van der Waals surface area contributed by atoms with Gasteiger partial charge >= 0.3 is 0 Å². The Morgan fingerprint density at radius 2 is 2.31 bits per heavy atom. The number of hydrogen-bond acceptors (Lipinski definition) is 3.